The van der Waals surface area contributed by atoms with Crippen LogP contribution in [0.15, 0.2) is 54.6 Å². The lowest BCUT2D eigenvalue weighted by Crippen LogP contribution is -2.50. The average Bonchev–Trinajstić information content (AvgIpc) is 2.82. The molecule has 176 valence electrons. The monoisotopic (exact) mass is 467 g/mol. The van der Waals surface area contributed by atoms with Crippen molar-refractivity contribution in [1.82, 2.24) is 9.80 Å². The number of hydrogen-bond donors (Lipinski definition) is 0. The Balaban J connectivity index is 1.24. The Labute approximate surface area is 195 Å². The van der Waals surface area contributed by atoms with E-state index in [1.54, 1.807) is 18.2 Å². The standard InChI is InChI=1S/C26H24F3N3O2/c1-17-8-9-19(16-22(17)26(27,28)29)31-13-10-30(11-14-31)12-15-32-24(33)20-6-2-4-18-5-3-7-21(23(18)20)25(32)34/h2-9,16H,10-15H2,1H3. The van der Waals surface area contributed by atoms with Gasteiger partial charge >= 0.3 is 6.18 Å². The van der Waals surface area contributed by atoms with Crippen LogP contribution in [-0.2, 0) is 6.18 Å². The third kappa shape index (κ3) is 3.92. The van der Waals surface area contributed by atoms with Gasteiger partial charge in [0.15, 0.2) is 0 Å². The molecule has 0 bridgehead atoms. The van der Waals surface area contributed by atoms with Crippen molar-refractivity contribution < 1.29 is 22.8 Å². The van der Waals surface area contributed by atoms with Crippen molar-refractivity contribution in [3.8, 4) is 0 Å². The second-order valence-corrected chi connectivity index (χ2v) is 8.80. The van der Waals surface area contributed by atoms with Gasteiger partial charge in [-0.15, -0.1) is 0 Å². The van der Waals surface area contributed by atoms with Gasteiger partial charge in [-0.3, -0.25) is 19.4 Å². The molecule has 8 heteroatoms. The second kappa shape index (κ2) is 8.43. The smallest absolute Gasteiger partial charge is 0.369 e. The van der Waals surface area contributed by atoms with Gasteiger partial charge in [0.25, 0.3) is 11.8 Å². The molecule has 0 spiro atoms. The number of rotatable bonds is 4. The van der Waals surface area contributed by atoms with E-state index in [-0.39, 0.29) is 23.9 Å². The van der Waals surface area contributed by atoms with Crippen molar-refractivity contribution in [3.63, 3.8) is 0 Å². The Kier molecular flexibility index (Phi) is 5.56. The Morgan fingerprint density at radius 1 is 0.824 bits per heavy atom. The first kappa shape index (κ1) is 22.4. The van der Waals surface area contributed by atoms with Crippen LogP contribution in [-0.4, -0.2) is 60.9 Å². The second-order valence-electron chi connectivity index (χ2n) is 8.80. The third-order valence-electron chi connectivity index (χ3n) is 6.76. The molecule has 3 aromatic carbocycles. The number of hydrogen-bond acceptors (Lipinski definition) is 4. The number of amides is 2. The maximum atomic E-state index is 13.3. The fourth-order valence-corrected chi connectivity index (χ4v) is 4.87. The first-order valence-electron chi connectivity index (χ1n) is 11.3. The zero-order chi connectivity index (χ0) is 24.0. The largest absolute Gasteiger partial charge is 0.416 e. The van der Waals surface area contributed by atoms with E-state index in [1.165, 1.54) is 24.0 Å². The van der Waals surface area contributed by atoms with E-state index in [9.17, 15) is 22.8 Å². The summed E-state index contributed by atoms with van der Waals surface area (Å²) in [5, 5.41) is 1.58. The van der Waals surface area contributed by atoms with Gasteiger partial charge in [0.2, 0.25) is 0 Å². The molecule has 0 saturated carbocycles. The number of benzene rings is 3. The molecular weight excluding hydrogens is 443 g/mol. The van der Waals surface area contributed by atoms with Crippen LogP contribution in [0.3, 0.4) is 0 Å². The average molecular weight is 467 g/mol. The van der Waals surface area contributed by atoms with Crippen LogP contribution in [0.1, 0.15) is 31.8 Å². The van der Waals surface area contributed by atoms with Crippen LogP contribution in [0, 0.1) is 6.92 Å². The van der Waals surface area contributed by atoms with E-state index < -0.39 is 11.7 Å². The Morgan fingerprint density at radius 2 is 1.44 bits per heavy atom. The number of anilines is 1. The summed E-state index contributed by atoms with van der Waals surface area (Å²) in [6.07, 6.45) is -4.38. The highest BCUT2D eigenvalue weighted by atomic mass is 19.4. The number of nitrogens with zero attached hydrogens (tertiary/aromatic N) is 3. The summed E-state index contributed by atoms with van der Waals surface area (Å²) in [7, 11) is 0. The zero-order valence-corrected chi connectivity index (χ0v) is 18.7. The highest BCUT2D eigenvalue weighted by Crippen LogP contribution is 2.34. The maximum absolute atomic E-state index is 13.3. The van der Waals surface area contributed by atoms with Crippen molar-refractivity contribution in [1.29, 1.82) is 0 Å². The lowest BCUT2D eigenvalue weighted by molar-refractivity contribution is -0.138. The number of aryl methyl sites for hydroxylation is 1. The molecule has 0 N–H and O–H groups in total. The molecule has 0 radical (unpaired) electrons. The molecule has 0 aromatic heterocycles. The minimum absolute atomic E-state index is 0.211. The molecule has 3 aromatic rings. The van der Waals surface area contributed by atoms with Gasteiger partial charge < -0.3 is 4.90 Å². The Bertz CT molecular complexity index is 1230. The number of piperazine rings is 1. The summed E-state index contributed by atoms with van der Waals surface area (Å²) in [6, 6.07) is 15.4. The van der Waals surface area contributed by atoms with Crippen molar-refractivity contribution in [2.45, 2.75) is 13.1 Å². The van der Waals surface area contributed by atoms with Crippen molar-refractivity contribution in [2.75, 3.05) is 44.2 Å². The summed E-state index contributed by atoms with van der Waals surface area (Å²) in [5.41, 5.74) is 1.24. The predicted molar refractivity (Wildman–Crippen MR) is 124 cm³/mol. The van der Waals surface area contributed by atoms with Gasteiger partial charge in [0, 0.05) is 61.5 Å². The third-order valence-corrected chi connectivity index (χ3v) is 6.76. The molecule has 0 aliphatic carbocycles. The summed E-state index contributed by atoms with van der Waals surface area (Å²) in [4.78, 5) is 31.5. The normalized spacial score (nSPS) is 17.1. The SMILES string of the molecule is Cc1ccc(N2CCN(CCN3C(=O)c4cccc5cccc(c45)C3=O)CC2)cc1C(F)(F)F. The van der Waals surface area contributed by atoms with Crippen molar-refractivity contribution in [2.24, 2.45) is 0 Å². The molecule has 5 nitrogen and oxygen atoms in total. The van der Waals surface area contributed by atoms with Gasteiger partial charge in [0.1, 0.15) is 0 Å². The maximum Gasteiger partial charge on any atom is 0.416 e. The summed E-state index contributed by atoms with van der Waals surface area (Å²) in [5.74, 6) is -0.570. The minimum atomic E-state index is -4.38. The molecule has 1 saturated heterocycles. The van der Waals surface area contributed by atoms with Crippen LogP contribution < -0.4 is 4.90 Å². The predicted octanol–water partition coefficient (Wildman–Crippen LogP) is 4.59. The highest BCUT2D eigenvalue weighted by Gasteiger charge is 2.34. The number of carbonyl (C=O) groups is 2. The van der Waals surface area contributed by atoms with E-state index in [4.69, 9.17) is 0 Å². The van der Waals surface area contributed by atoms with E-state index in [2.05, 4.69) is 4.90 Å². The number of halogens is 3. The van der Waals surface area contributed by atoms with Crippen LogP contribution in [0.5, 0.6) is 0 Å². The molecule has 2 aliphatic heterocycles. The molecule has 0 unspecified atom stereocenters. The van der Waals surface area contributed by atoms with E-state index in [0.717, 1.165) is 5.39 Å². The Morgan fingerprint density at radius 3 is 2.03 bits per heavy atom. The van der Waals surface area contributed by atoms with E-state index >= 15 is 0 Å². The fourth-order valence-electron chi connectivity index (χ4n) is 4.87. The lowest BCUT2D eigenvalue weighted by Gasteiger charge is -2.37. The number of alkyl halides is 3. The molecule has 2 aliphatic rings. The van der Waals surface area contributed by atoms with Gasteiger partial charge in [-0.05, 0) is 42.1 Å². The van der Waals surface area contributed by atoms with Gasteiger partial charge in [-0.2, -0.15) is 13.2 Å². The minimum Gasteiger partial charge on any atom is -0.369 e. The van der Waals surface area contributed by atoms with Gasteiger partial charge in [0.05, 0.1) is 5.56 Å². The van der Waals surface area contributed by atoms with Gasteiger partial charge in [-0.1, -0.05) is 30.3 Å². The molecule has 0 atom stereocenters. The number of carbonyl (C=O) groups excluding carboxylic acids is 2. The van der Waals surface area contributed by atoms with Crippen LogP contribution >= 0.6 is 0 Å². The van der Waals surface area contributed by atoms with Crippen LogP contribution in [0.25, 0.3) is 10.8 Å². The zero-order valence-electron chi connectivity index (χ0n) is 18.7. The van der Waals surface area contributed by atoms with Crippen molar-refractivity contribution in [3.05, 3.63) is 76.9 Å². The fraction of sp³-hybridized carbons (Fsp3) is 0.308. The van der Waals surface area contributed by atoms with Gasteiger partial charge in [-0.25, -0.2) is 0 Å². The number of imide groups is 1. The Hall–Kier alpha value is -3.39. The van der Waals surface area contributed by atoms with Crippen LogP contribution in [0.4, 0.5) is 18.9 Å². The molecule has 1 fully saturated rings. The quantitative estimate of drug-likeness (QED) is 0.527. The van der Waals surface area contributed by atoms with Crippen LogP contribution in [0.2, 0.25) is 0 Å². The van der Waals surface area contributed by atoms with E-state index in [1.807, 2.05) is 29.2 Å². The van der Waals surface area contributed by atoms with E-state index in [0.29, 0.717) is 54.9 Å². The molecular formula is C26H24F3N3O2. The molecule has 2 amide bonds. The highest BCUT2D eigenvalue weighted by molar-refractivity contribution is 6.25. The first-order chi connectivity index (χ1) is 16.2. The summed E-state index contributed by atoms with van der Waals surface area (Å²) in [6.45, 7) is 4.67. The summed E-state index contributed by atoms with van der Waals surface area (Å²) >= 11 is 0. The molecule has 34 heavy (non-hydrogen) atoms. The lowest BCUT2D eigenvalue weighted by atomic mass is 9.94. The van der Waals surface area contributed by atoms with Crippen molar-refractivity contribution >= 4 is 28.3 Å². The summed E-state index contributed by atoms with van der Waals surface area (Å²) < 4.78 is 39.8. The first-order valence-corrected chi connectivity index (χ1v) is 11.3. The topological polar surface area (TPSA) is 43.9 Å². The molecule has 2 heterocycles. The molecule has 5 rings (SSSR count).